The number of rotatable bonds is 7. The van der Waals surface area contributed by atoms with E-state index in [1.54, 1.807) is 19.1 Å². The molecule has 0 aromatic rings. The molecule has 3 N–H and O–H groups in total. The van der Waals surface area contributed by atoms with Gasteiger partial charge in [-0.1, -0.05) is 34.5 Å². The van der Waals surface area contributed by atoms with Crippen LogP contribution in [0.4, 0.5) is 17.6 Å². The fraction of sp³-hybridized carbons (Fsp3) is 0.682. The summed E-state index contributed by atoms with van der Waals surface area (Å²) in [4.78, 5) is 5.12. The van der Waals surface area contributed by atoms with Crippen LogP contribution in [0.1, 0.15) is 32.6 Å². The Morgan fingerprint density at radius 3 is 2.53 bits per heavy atom. The summed E-state index contributed by atoms with van der Waals surface area (Å²) in [5, 5.41) is 25.3. The zero-order chi connectivity index (χ0) is 25.2. The highest BCUT2D eigenvalue weighted by atomic mass is 35.5. The normalized spacial score (nSPS) is 32.6. The van der Waals surface area contributed by atoms with Crippen LogP contribution in [0.15, 0.2) is 40.1 Å². The summed E-state index contributed by atoms with van der Waals surface area (Å²) in [6.45, 7) is 1.73. The Balaban J connectivity index is 1.64. The molecule has 3 aliphatic rings. The molecule has 0 spiro atoms. The molecular formula is C22H28Cl2F4N2O4. The molecule has 6 nitrogen and oxygen atoms in total. The molecule has 0 saturated heterocycles. The van der Waals surface area contributed by atoms with Crippen molar-refractivity contribution in [3.05, 3.63) is 34.9 Å². The van der Waals surface area contributed by atoms with Gasteiger partial charge in [0.1, 0.15) is 12.4 Å². The number of aliphatic hydroxyl groups excluding tert-OH is 2. The van der Waals surface area contributed by atoms with E-state index in [0.29, 0.717) is 23.5 Å². The summed E-state index contributed by atoms with van der Waals surface area (Å²) in [6, 6.07) is 0. The minimum Gasteiger partial charge on any atom is -0.482 e. The average molecular weight is 531 g/mol. The van der Waals surface area contributed by atoms with Gasteiger partial charge in [-0.25, -0.2) is 4.39 Å². The molecule has 0 radical (unpaired) electrons. The number of nitrogens with one attached hydrogen (secondary N) is 1. The van der Waals surface area contributed by atoms with E-state index in [9.17, 15) is 27.8 Å². The van der Waals surface area contributed by atoms with Crippen molar-refractivity contribution < 1.29 is 37.3 Å². The number of aliphatic hydroxyl groups is 2. The van der Waals surface area contributed by atoms with Gasteiger partial charge in [0.25, 0.3) is 0 Å². The lowest BCUT2D eigenvalue weighted by Crippen LogP contribution is -2.40. The molecule has 0 bridgehead atoms. The first-order valence-corrected chi connectivity index (χ1v) is 11.7. The number of nitrogens with zero attached hydrogens (tertiary/aromatic N) is 1. The van der Waals surface area contributed by atoms with Crippen molar-refractivity contribution in [2.45, 2.75) is 74.3 Å². The maximum atomic E-state index is 13.9. The summed E-state index contributed by atoms with van der Waals surface area (Å²) in [5.41, 5.74) is 1.13. The quantitative estimate of drug-likeness (QED) is 0.198. The van der Waals surface area contributed by atoms with Gasteiger partial charge in [-0.3, -0.25) is 5.32 Å². The van der Waals surface area contributed by atoms with E-state index in [-0.39, 0.29) is 18.4 Å². The minimum atomic E-state index is -4.65. The molecule has 8 unspecified atom stereocenters. The summed E-state index contributed by atoms with van der Waals surface area (Å²) >= 11 is 11.7. The van der Waals surface area contributed by atoms with Gasteiger partial charge in [-0.05, 0) is 31.8 Å². The zero-order valence-corrected chi connectivity index (χ0v) is 20.1. The third-order valence-electron chi connectivity index (χ3n) is 6.34. The Hall–Kier alpha value is -1.33. The Labute approximate surface area is 205 Å². The third kappa shape index (κ3) is 6.46. The topological polar surface area (TPSA) is 83.3 Å². The number of methoxy groups -OCH3 is 1. The number of hydrogen-bond donors (Lipinski definition) is 3. The van der Waals surface area contributed by atoms with Gasteiger partial charge >= 0.3 is 6.18 Å². The van der Waals surface area contributed by atoms with Crippen LogP contribution in [0, 0.1) is 11.8 Å². The van der Waals surface area contributed by atoms with Crippen molar-refractivity contribution in [1.29, 1.82) is 0 Å². The molecule has 192 valence electrons. The van der Waals surface area contributed by atoms with Crippen LogP contribution < -0.4 is 5.32 Å². The van der Waals surface area contributed by atoms with Crippen LogP contribution in [-0.2, 0) is 9.57 Å². The molecular weight excluding hydrogens is 503 g/mol. The number of alkyl halides is 6. The fourth-order valence-corrected chi connectivity index (χ4v) is 5.15. The molecule has 0 aromatic carbocycles. The van der Waals surface area contributed by atoms with E-state index in [2.05, 4.69) is 10.5 Å². The number of ether oxygens (including phenoxy) is 1. The molecule has 2 aliphatic carbocycles. The molecule has 1 aliphatic heterocycles. The van der Waals surface area contributed by atoms with Crippen LogP contribution in [-0.4, -0.2) is 64.9 Å². The lowest BCUT2D eigenvalue weighted by Gasteiger charge is -2.34. The molecule has 0 fully saturated rings. The van der Waals surface area contributed by atoms with Crippen LogP contribution in [0.5, 0.6) is 0 Å². The first kappa shape index (κ1) is 27.3. The Bertz CT molecular complexity index is 864. The SMILES string of the molecule is COC1=NOC(NC(O)C2=C(C)CC(C(O)CC(C3=CC(Cl)C(F)C(Cl)C3)C(F)(F)F)C=C2)C1. The lowest BCUT2D eigenvalue weighted by molar-refractivity contribution is -0.173. The highest BCUT2D eigenvalue weighted by Crippen LogP contribution is 2.43. The number of allylic oxidation sites excluding steroid dienone is 3. The maximum absolute atomic E-state index is 13.9. The third-order valence-corrected chi connectivity index (χ3v) is 7.10. The van der Waals surface area contributed by atoms with Gasteiger partial charge in [-0.15, -0.1) is 23.2 Å². The highest BCUT2D eigenvalue weighted by Gasteiger charge is 2.46. The van der Waals surface area contributed by atoms with Crippen molar-refractivity contribution in [2.24, 2.45) is 17.0 Å². The van der Waals surface area contributed by atoms with Gasteiger partial charge < -0.3 is 19.8 Å². The molecule has 1 heterocycles. The second-order valence-corrected chi connectivity index (χ2v) is 9.83. The van der Waals surface area contributed by atoms with E-state index < -0.39 is 59.9 Å². The largest absolute Gasteiger partial charge is 0.482 e. The van der Waals surface area contributed by atoms with E-state index in [4.69, 9.17) is 32.8 Å². The van der Waals surface area contributed by atoms with Gasteiger partial charge in [0.05, 0.1) is 36.3 Å². The van der Waals surface area contributed by atoms with Gasteiger partial charge in [0.2, 0.25) is 5.90 Å². The summed E-state index contributed by atoms with van der Waals surface area (Å²) in [7, 11) is 1.46. The van der Waals surface area contributed by atoms with Crippen LogP contribution in [0.2, 0.25) is 0 Å². The minimum absolute atomic E-state index is 0.109. The highest BCUT2D eigenvalue weighted by molar-refractivity contribution is 6.25. The summed E-state index contributed by atoms with van der Waals surface area (Å²) in [6.07, 6.45) is -5.38. The van der Waals surface area contributed by atoms with E-state index in [1.165, 1.54) is 7.11 Å². The smallest absolute Gasteiger partial charge is 0.395 e. The summed E-state index contributed by atoms with van der Waals surface area (Å²) in [5.74, 6) is -2.20. The first-order valence-electron chi connectivity index (χ1n) is 10.9. The average Bonchev–Trinajstić information content (AvgIpc) is 3.21. The number of oxime groups is 1. The van der Waals surface area contributed by atoms with E-state index in [1.807, 2.05) is 0 Å². The molecule has 3 rings (SSSR count). The van der Waals surface area contributed by atoms with Crippen molar-refractivity contribution >= 4 is 29.1 Å². The van der Waals surface area contributed by atoms with Gasteiger partial charge in [0, 0.05) is 5.92 Å². The van der Waals surface area contributed by atoms with Crippen molar-refractivity contribution in [3.8, 4) is 0 Å². The maximum Gasteiger partial charge on any atom is 0.395 e. The lowest BCUT2D eigenvalue weighted by atomic mass is 9.79. The van der Waals surface area contributed by atoms with Gasteiger partial charge in [0.15, 0.2) is 6.23 Å². The molecule has 8 atom stereocenters. The zero-order valence-electron chi connectivity index (χ0n) is 18.6. The standard InChI is InChI=1S/C22H28Cl2F4N2O4/c1-10-5-11(3-4-13(10)21(32)29-18-9-19(33-2)30-34-18)17(31)8-14(22(26,27)28)12-6-15(23)20(25)16(24)7-12/h3-4,6,11,14-18,20-21,29,31-32H,5,7-9H2,1-2H3. The summed E-state index contributed by atoms with van der Waals surface area (Å²) < 4.78 is 60.4. The predicted molar refractivity (Wildman–Crippen MR) is 120 cm³/mol. The van der Waals surface area contributed by atoms with E-state index >= 15 is 0 Å². The molecule has 0 saturated carbocycles. The van der Waals surface area contributed by atoms with E-state index in [0.717, 1.165) is 6.08 Å². The molecule has 0 aromatic heterocycles. The van der Waals surface area contributed by atoms with Gasteiger partial charge in [-0.2, -0.15) is 13.2 Å². The second-order valence-electron chi connectivity index (χ2n) is 8.77. The Morgan fingerprint density at radius 2 is 1.97 bits per heavy atom. The first-order chi connectivity index (χ1) is 15.9. The van der Waals surface area contributed by atoms with Crippen LogP contribution in [0.25, 0.3) is 0 Å². The Morgan fingerprint density at radius 1 is 1.26 bits per heavy atom. The Kier molecular flexibility index (Phi) is 8.95. The molecule has 34 heavy (non-hydrogen) atoms. The van der Waals surface area contributed by atoms with Crippen LogP contribution in [0.3, 0.4) is 0 Å². The second kappa shape index (κ2) is 11.2. The molecule has 0 amide bonds. The number of hydrogen-bond acceptors (Lipinski definition) is 6. The van der Waals surface area contributed by atoms with Crippen molar-refractivity contribution in [3.63, 3.8) is 0 Å². The van der Waals surface area contributed by atoms with Crippen molar-refractivity contribution in [2.75, 3.05) is 7.11 Å². The molecule has 12 heteroatoms. The monoisotopic (exact) mass is 530 g/mol. The number of halogens is 6. The van der Waals surface area contributed by atoms with Crippen LogP contribution >= 0.6 is 23.2 Å². The predicted octanol–water partition coefficient (Wildman–Crippen LogP) is 4.31. The van der Waals surface area contributed by atoms with Crippen molar-refractivity contribution in [1.82, 2.24) is 5.32 Å². The fourth-order valence-electron chi connectivity index (χ4n) is 4.40.